The summed E-state index contributed by atoms with van der Waals surface area (Å²) in [5.41, 5.74) is 0.298. The highest BCUT2D eigenvalue weighted by molar-refractivity contribution is 9.10. The zero-order chi connectivity index (χ0) is 15.3. The Morgan fingerprint density at radius 1 is 1.40 bits per heavy atom. The lowest BCUT2D eigenvalue weighted by Gasteiger charge is -2.17. The van der Waals surface area contributed by atoms with Crippen LogP contribution in [-0.4, -0.2) is 16.9 Å². The first kappa shape index (κ1) is 16.8. The molecule has 2 atom stereocenters. The first-order valence-corrected chi connectivity index (χ1v) is 7.32. The number of halogens is 2. The van der Waals surface area contributed by atoms with Crippen LogP contribution in [0.1, 0.15) is 32.3 Å². The Balaban J connectivity index is 2.73. The molecule has 0 saturated carbocycles. The lowest BCUT2D eigenvalue weighted by molar-refractivity contribution is -0.145. The Morgan fingerprint density at radius 2 is 2.05 bits per heavy atom. The second-order valence-electron chi connectivity index (χ2n) is 4.99. The summed E-state index contributed by atoms with van der Waals surface area (Å²) in [4.78, 5) is 23.1. The van der Waals surface area contributed by atoms with E-state index in [2.05, 4.69) is 15.9 Å². The predicted octanol–water partition coefficient (Wildman–Crippen LogP) is 3.84. The molecule has 0 unspecified atom stereocenters. The molecule has 1 aromatic rings. The van der Waals surface area contributed by atoms with Gasteiger partial charge in [0.2, 0.25) is 0 Å². The average molecular weight is 345 g/mol. The third-order valence-electron chi connectivity index (χ3n) is 3.50. The first-order valence-electron chi connectivity index (χ1n) is 6.53. The maximum absolute atomic E-state index is 13.6. The van der Waals surface area contributed by atoms with Gasteiger partial charge >= 0.3 is 5.97 Å². The smallest absolute Gasteiger partial charge is 0.307 e. The van der Waals surface area contributed by atoms with Gasteiger partial charge in [-0.3, -0.25) is 9.59 Å². The van der Waals surface area contributed by atoms with E-state index in [0.717, 1.165) is 0 Å². The number of ketones is 1. The molecule has 1 N–H and O–H groups in total. The number of benzene rings is 1. The van der Waals surface area contributed by atoms with Crippen LogP contribution in [-0.2, 0) is 16.0 Å². The normalized spacial score (nSPS) is 13.8. The highest BCUT2D eigenvalue weighted by atomic mass is 79.9. The van der Waals surface area contributed by atoms with Crippen LogP contribution < -0.4 is 0 Å². The second kappa shape index (κ2) is 7.53. The number of rotatable bonds is 7. The minimum absolute atomic E-state index is 0.0557. The molecule has 0 amide bonds. The number of Topliss-reactive ketones (excluding diaryl/α,β-unsaturated/α-hetero) is 1. The standard InChI is InChI=1S/C15H18BrFO3/c1-3-9(2)13(15(19)20)8-12(18)6-10-4-5-11(16)7-14(10)17/h4-5,7,9,13H,3,6,8H2,1-2H3,(H,19,20)/t9-,13-/m0/s1. The summed E-state index contributed by atoms with van der Waals surface area (Å²) in [5, 5.41) is 9.15. The summed E-state index contributed by atoms with van der Waals surface area (Å²) in [6, 6.07) is 4.50. The van der Waals surface area contributed by atoms with Gasteiger partial charge in [-0.25, -0.2) is 4.39 Å². The van der Waals surface area contributed by atoms with Crippen molar-refractivity contribution in [1.29, 1.82) is 0 Å². The zero-order valence-corrected chi connectivity index (χ0v) is 13.1. The van der Waals surface area contributed by atoms with E-state index in [1.165, 1.54) is 12.1 Å². The quantitative estimate of drug-likeness (QED) is 0.817. The van der Waals surface area contributed by atoms with Crippen LogP contribution in [0.4, 0.5) is 4.39 Å². The van der Waals surface area contributed by atoms with Crippen molar-refractivity contribution in [1.82, 2.24) is 0 Å². The van der Waals surface area contributed by atoms with E-state index in [9.17, 15) is 14.0 Å². The SMILES string of the molecule is CC[C@H](C)[C@H](CC(=O)Cc1ccc(Br)cc1F)C(=O)O. The van der Waals surface area contributed by atoms with Gasteiger partial charge in [0.05, 0.1) is 5.92 Å². The molecule has 0 aliphatic rings. The fourth-order valence-electron chi connectivity index (χ4n) is 2.01. The van der Waals surface area contributed by atoms with Crippen molar-refractivity contribution in [3.05, 3.63) is 34.1 Å². The Kier molecular flexibility index (Phi) is 6.33. The van der Waals surface area contributed by atoms with Gasteiger partial charge in [-0.2, -0.15) is 0 Å². The van der Waals surface area contributed by atoms with Crippen molar-refractivity contribution >= 4 is 27.7 Å². The predicted molar refractivity (Wildman–Crippen MR) is 78.0 cm³/mol. The third-order valence-corrected chi connectivity index (χ3v) is 3.99. The molecule has 0 radical (unpaired) electrons. The highest BCUT2D eigenvalue weighted by Gasteiger charge is 2.26. The van der Waals surface area contributed by atoms with Gasteiger partial charge in [0.15, 0.2) is 0 Å². The van der Waals surface area contributed by atoms with Crippen molar-refractivity contribution in [3.8, 4) is 0 Å². The van der Waals surface area contributed by atoms with E-state index in [1.807, 2.05) is 13.8 Å². The molecule has 0 fully saturated rings. The Bertz CT molecular complexity index is 502. The molecule has 1 rings (SSSR count). The molecular weight excluding hydrogens is 327 g/mol. The Hall–Kier alpha value is -1.23. The maximum atomic E-state index is 13.6. The van der Waals surface area contributed by atoms with Crippen LogP contribution in [0, 0.1) is 17.7 Å². The zero-order valence-electron chi connectivity index (χ0n) is 11.5. The fourth-order valence-corrected chi connectivity index (χ4v) is 2.34. The van der Waals surface area contributed by atoms with Gasteiger partial charge in [-0.15, -0.1) is 0 Å². The summed E-state index contributed by atoms with van der Waals surface area (Å²) in [5.74, 6) is -2.46. The average Bonchev–Trinajstić information content (AvgIpc) is 2.38. The van der Waals surface area contributed by atoms with Gasteiger partial charge in [0, 0.05) is 17.3 Å². The van der Waals surface area contributed by atoms with Crippen molar-refractivity contribution in [2.45, 2.75) is 33.1 Å². The number of hydrogen-bond acceptors (Lipinski definition) is 2. The van der Waals surface area contributed by atoms with Gasteiger partial charge in [0.25, 0.3) is 0 Å². The Labute approximate surface area is 126 Å². The molecule has 3 nitrogen and oxygen atoms in total. The Morgan fingerprint density at radius 3 is 2.55 bits per heavy atom. The number of hydrogen-bond donors (Lipinski definition) is 1. The number of carbonyl (C=O) groups excluding carboxylic acids is 1. The molecule has 0 heterocycles. The molecule has 0 aliphatic heterocycles. The summed E-state index contributed by atoms with van der Waals surface area (Å²) in [7, 11) is 0. The van der Waals surface area contributed by atoms with Crippen molar-refractivity contribution in [2.24, 2.45) is 11.8 Å². The molecule has 5 heteroatoms. The van der Waals surface area contributed by atoms with Crippen LogP contribution in [0.25, 0.3) is 0 Å². The largest absolute Gasteiger partial charge is 0.481 e. The van der Waals surface area contributed by atoms with Gasteiger partial charge in [-0.1, -0.05) is 42.3 Å². The highest BCUT2D eigenvalue weighted by Crippen LogP contribution is 2.22. The maximum Gasteiger partial charge on any atom is 0.307 e. The van der Waals surface area contributed by atoms with E-state index in [0.29, 0.717) is 16.5 Å². The van der Waals surface area contributed by atoms with Crippen LogP contribution >= 0.6 is 15.9 Å². The lowest BCUT2D eigenvalue weighted by atomic mass is 9.86. The summed E-state index contributed by atoms with van der Waals surface area (Å²) in [6.07, 6.45) is 0.566. The van der Waals surface area contributed by atoms with Crippen LogP contribution in [0.15, 0.2) is 22.7 Å². The lowest BCUT2D eigenvalue weighted by Crippen LogP contribution is -2.25. The molecule has 0 aliphatic carbocycles. The van der Waals surface area contributed by atoms with Gasteiger partial charge in [0.1, 0.15) is 11.6 Å². The van der Waals surface area contributed by atoms with Crippen molar-refractivity contribution < 1.29 is 19.1 Å². The van der Waals surface area contributed by atoms with Crippen LogP contribution in [0.3, 0.4) is 0 Å². The number of aliphatic carboxylic acids is 1. The fraction of sp³-hybridized carbons (Fsp3) is 0.467. The summed E-state index contributed by atoms with van der Waals surface area (Å²) in [6.45, 7) is 3.70. The van der Waals surface area contributed by atoms with E-state index in [1.54, 1.807) is 6.07 Å². The van der Waals surface area contributed by atoms with E-state index in [-0.39, 0.29) is 24.5 Å². The number of carboxylic acids is 1. The monoisotopic (exact) mass is 344 g/mol. The summed E-state index contributed by atoms with van der Waals surface area (Å²) >= 11 is 3.15. The van der Waals surface area contributed by atoms with Crippen molar-refractivity contribution in [2.75, 3.05) is 0 Å². The van der Waals surface area contributed by atoms with Crippen LogP contribution in [0.5, 0.6) is 0 Å². The molecule has 0 spiro atoms. The van der Waals surface area contributed by atoms with Crippen molar-refractivity contribution in [3.63, 3.8) is 0 Å². The first-order chi connectivity index (χ1) is 9.35. The van der Waals surface area contributed by atoms with Crippen LogP contribution in [0.2, 0.25) is 0 Å². The molecule has 0 bridgehead atoms. The second-order valence-corrected chi connectivity index (χ2v) is 5.90. The molecular formula is C15H18BrFO3. The molecule has 20 heavy (non-hydrogen) atoms. The van der Waals surface area contributed by atoms with Gasteiger partial charge < -0.3 is 5.11 Å². The van der Waals surface area contributed by atoms with E-state index >= 15 is 0 Å². The minimum Gasteiger partial charge on any atom is -0.481 e. The molecule has 0 saturated heterocycles. The number of carbonyl (C=O) groups is 2. The molecule has 1 aromatic carbocycles. The van der Waals surface area contributed by atoms with E-state index in [4.69, 9.17) is 5.11 Å². The molecule has 110 valence electrons. The third kappa shape index (κ3) is 4.71. The minimum atomic E-state index is -0.969. The summed E-state index contributed by atoms with van der Waals surface area (Å²) < 4.78 is 14.2. The topological polar surface area (TPSA) is 54.4 Å². The number of carboxylic acid groups (broad SMARTS) is 1. The van der Waals surface area contributed by atoms with Gasteiger partial charge in [-0.05, 0) is 23.6 Å². The molecule has 0 aromatic heterocycles. The van der Waals surface area contributed by atoms with E-state index < -0.39 is 17.7 Å².